The lowest BCUT2D eigenvalue weighted by atomic mass is 9.73. The maximum Gasteiger partial charge on any atom is 0.251 e. The Labute approximate surface area is 257 Å². The molecule has 4 aromatic rings. The molecule has 8 rings (SSSR count). The van der Waals surface area contributed by atoms with E-state index >= 15 is 4.39 Å². The van der Waals surface area contributed by atoms with Gasteiger partial charge in [-0.15, -0.1) is 0 Å². The highest BCUT2D eigenvalue weighted by atomic mass is 35.5. The zero-order chi connectivity index (χ0) is 29.8. The number of carbonyl (C=O) groups excluding carboxylic acids is 2. The number of nitrogens with zero attached hydrogens (tertiary/aromatic N) is 3. The van der Waals surface area contributed by atoms with Gasteiger partial charge in [0.2, 0.25) is 5.91 Å². The number of hydrogen-bond acceptors (Lipinski definition) is 5. The molecule has 0 unspecified atom stereocenters. The Bertz CT molecular complexity index is 1870. The number of nitrogens with one attached hydrogen (secondary N) is 2. The lowest BCUT2D eigenvalue weighted by Crippen LogP contribution is -2.59. The third-order valence-corrected chi connectivity index (χ3v) is 10.2. The summed E-state index contributed by atoms with van der Waals surface area (Å²) < 4.78 is 23.3. The molecule has 3 aromatic carbocycles. The lowest BCUT2D eigenvalue weighted by molar-refractivity contribution is -0.127. The van der Waals surface area contributed by atoms with Gasteiger partial charge in [0, 0.05) is 51.3 Å². The van der Waals surface area contributed by atoms with E-state index in [-0.39, 0.29) is 34.5 Å². The molecule has 0 aliphatic carbocycles. The van der Waals surface area contributed by atoms with E-state index in [2.05, 4.69) is 15.5 Å². The van der Waals surface area contributed by atoms with Crippen molar-refractivity contribution in [2.75, 3.05) is 25.1 Å². The van der Waals surface area contributed by atoms with Crippen molar-refractivity contribution in [1.82, 2.24) is 20.0 Å². The SMILES string of the molecule is CCN1[C@H]2Cc3c4ccc(C(=O)NC5(C)COC5)cc4nn3[C@H]2[C@H](c2cccc(Cl)c2F)[C@]12C(=O)Nc1cc(Cl)ccc12. The minimum atomic E-state index is -1.21. The number of likely N-dealkylation sites (tertiary alicyclic amines) is 1. The fourth-order valence-electron chi connectivity index (χ4n) is 7.94. The molecule has 1 aromatic heterocycles. The van der Waals surface area contributed by atoms with Crippen LogP contribution in [0.4, 0.5) is 10.1 Å². The van der Waals surface area contributed by atoms with Gasteiger partial charge in [-0.3, -0.25) is 19.2 Å². The molecule has 8 nitrogen and oxygen atoms in total. The van der Waals surface area contributed by atoms with E-state index in [1.807, 2.05) is 36.7 Å². The number of rotatable bonds is 4. The molecule has 2 N–H and O–H groups in total. The van der Waals surface area contributed by atoms with E-state index in [0.717, 1.165) is 16.6 Å². The van der Waals surface area contributed by atoms with Gasteiger partial charge in [0.15, 0.2) is 0 Å². The highest BCUT2D eigenvalue weighted by Gasteiger charge is 2.69. The summed E-state index contributed by atoms with van der Waals surface area (Å²) in [7, 11) is 0. The topological polar surface area (TPSA) is 88.5 Å². The lowest BCUT2D eigenvalue weighted by Gasteiger charge is -2.39. The quantitative estimate of drug-likeness (QED) is 0.318. The summed E-state index contributed by atoms with van der Waals surface area (Å²) in [4.78, 5) is 29.5. The maximum absolute atomic E-state index is 16.1. The van der Waals surface area contributed by atoms with E-state index < -0.39 is 17.3 Å². The minimum Gasteiger partial charge on any atom is -0.376 e. The molecule has 2 fully saturated rings. The van der Waals surface area contributed by atoms with Crippen molar-refractivity contribution in [1.29, 1.82) is 0 Å². The van der Waals surface area contributed by atoms with Crippen molar-refractivity contribution in [2.45, 2.75) is 49.3 Å². The second-order valence-corrected chi connectivity index (χ2v) is 13.1. The Hall–Kier alpha value is -3.50. The van der Waals surface area contributed by atoms with E-state index in [1.54, 1.807) is 30.3 Å². The van der Waals surface area contributed by atoms with Gasteiger partial charge in [-0.2, -0.15) is 5.10 Å². The summed E-state index contributed by atoms with van der Waals surface area (Å²) in [6.45, 7) is 5.47. The number of halogens is 3. The zero-order valence-electron chi connectivity index (χ0n) is 23.5. The Morgan fingerprint density at radius 1 is 1.19 bits per heavy atom. The maximum atomic E-state index is 16.1. The Balaban J connectivity index is 1.31. The highest BCUT2D eigenvalue weighted by molar-refractivity contribution is 6.31. The first-order valence-corrected chi connectivity index (χ1v) is 15.2. The van der Waals surface area contributed by atoms with Crippen LogP contribution in [0.5, 0.6) is 0 Å². The fourth-order valence-corrected chi connectivity index (χ4v) is 8.30. The zero-order valence-corrected chi connectivity index (χ0v) is 25.0. The number of fused-ring (bicyclic) bond motifs is 7. The van der Waals surface area contributed by atoms with Crippen molar-refractivity contribution in [3.63, 3.8) is 0 Å². The van der Waals surface area contributed by atoms with Gasteiger partial charge in [0.05, 0.1) is 35.3 Å². The van der Waals surface area contributed by atoms with Crippen LogP contribution in [-0.4, -0.2) is 57.8 Å². The fraction of sp³-hybridized carbons (Fsp3) is 0.344. The number of aromatic nitrogens is 2. The minimum absolute atomic E-state index is 0.000979. The summed E-state index contributed by atoms with van der Waals surface area (Å²) in [5.74, 6) is -1.61. The molecule has 220 valence electrons. The van der Waals surface area contributed by atoms with Crippen molar-refractivity contribution < 1.29 is 18.7 Å². The van der Waals surface area contributed by atoms with Crippen LogP contribution in [0, 0.1) is 5.82 Å². The molecule has 43 heavy (non-hydrogen) atoms. The van der Waals surface area contributed by atoms with Gasteiger partial charge in [-0.05, 0) is 49.4 Å². The van der Waals surface area contributed by atoms with Gasteiger partial charge in [-0.25, -0.2) is 4.39 Å². The van der Waals surface area contributed by atoms with Crippen LogP contribution >= 0.6 is 23.2 Å². The van der Waals surface area contributed by atoms with Gasteiger partial charge >= 0.3 is 0 Å². The first-order chi connectivity index (χ1) is 20.7. The summed E-state index contributed by atoms with van der Waals surface area (Å²) in [5, 5.41) is 12.6. The highest BCUT2D eigenvalue weighted by Crippen LogP contribution is 2.63. The van der Waals surface area contributed by atoms with Crippen LogP contribution in [0.15, 0.2) is 54.6 Å². The van der Waals surface area contributed by atoms with Crippen LogP contribution in [0.2, 0.25) is 10.0 Å². The number of ether oxygens (including phenoxy) is 1. The summed E-state index contributed by atoms with van der Waals surface area (Å²) in [5.41, 5.74) is 2.32. The standard InChI is InChI=1S/C32H28Cl2FN5O3/c1-3-39-25-13-24-18-9-7-16(29(41)37-31(2)14-43-15-31)11-22(18)38-40(24)28(25)26(19-5-4-6-21(34)27(19)35)32(39)20-10-8-17(33)12-23(20)36-30(32)42/h4-12,25-26,28H,3,13-15H2,1-2H3,(H,36,42)(H,37,41)/t25-,26-,28+,32+/m0/s1. The van der Waals surface area contributed by atoms with Gasteiger partial charge in [0.25, 0.3) is 5.91 Å². The smallest absolute Gasteiger partial charge is 0.251 e. The van der Waals surface area contributed by atoms with Gasteiger partial charge in [-0.1, -0.05) is 54.4 Å². The van der Waals surface area contributed by atoms with Crippen LogP contribution in [0.25, 0.3) is 10.9 Å². The van der Waals surface area contributed by atoms with Crippen LogP contribution < -0.4 is 10.6 Å². The number of anilines is 1. The molecular weight excluding hydrogens is 592 g/mol. The number of carbonyl (C=O) groups is 2. The Morgan fingerprint density at radius 3 is 2.74 bits per heavy atom. The molecule has 2 saturated heterocycles. The summed E-state index contributed by atoms with van der Waals surface area (Å²) in [6, 6.07) is 15.4. The van der Waals surface area contributed by atoms with E-state index in [9.17, 15) is 9.59 Å². The molecule has 4 atom stereocenters. The molecule has 0 bridgehead atoms. The third kappa shape index (κ3) is 3.59. The van der Waals surface area contributed by atoms with Crippen molar-refractivity contribution in [3.8, 4) is 0 Å². The van der Waals surface area contributed by atoms with Gasteiger partial charge < -0.3 is 15.4 Å². The van der Waals surface area contributed by atoms with Crippen LogP contribution in [0.1, 0.15) is 53.0 Å². The molecule has 5 heterocycles. The number of likely N-dealkylation sites (N-methyl/N-ethyl adjacent to an activating group) is 1. The van der Waals surface area contributed by atoms with E-state index in [4.69, 9.17) is 33.0 Å². The molecule has 2 amide bonds. The predicted molar refractivity (Wildman–Crippen MR) is 161 cm³/mol. The molecule has 0 radical (unpaired) electrons. The average Bonchev–Trinajstić information content (AvgIpc) is 3.65. The second kappa shape index (κ2) is 9.25. The summed E-state index contributed by atoms with van der Waals surface area (Å²) >= 11 is 12.7. The van der Waals surface area contributed by atoms with E-state index in [0.29, 0.717) is 53.5 Å². The molecular formula is C32H28Cl2FN5O3. The van der Waals surface area contributed by atoms with Crippen molar-refractivity contribution >= 4 is 51.6 Å². The van der Waals surface area contributed by atoms with Crippen molar-refractivity contribution in [3.05, 3.63) is 92.8 Å². The Morgan fingerprint density at radius 2 is 2.00 bits per heavy atom. The average molecular weight is 621 g/mol. The number of hydrogen-bond donors (Lipinski definition) is 2. The van der Waals surface area contributed by atoms with Crippen LogP contribution in [-0.2, 0) is 21.5 Å². The largest absolute Gasteiger partial charge is 0.376 e. The first kappa shape index (κ1) is 27.1. The monoisotopic (exact) mass is 619 g/mol. The predicted octanol–water partition coefficient (Wildman–Crippen LogP) is 5.43. The molecule has 4 aliphatic heterocycles. The first-order valence-electron chi connectivity index (χ1n) is 14.4. The summed E-state index contributed by atoms with van der Waals surface area (Å²) in [6.07, 6.45) is 0.604. The third-order valence-electron chi connectivity index (χ3n) is 9.69. The van der Waals surface area contributed by atoms with Crippen molar-refractivity contribution in [2.24, 2.45) is 0 Å². The number of benzene rings is 3. The molecule has 11 heteroatoms. The van der Waals surface area contributed by atoms with E-state index in [1.165, 1.54) is 6.07 Å². The normalized spacial score (nSPS) is 26.7. The van der Waals surface area contributed by atoms with Gasteiger partial charge in [0.1, 0.15) is 11.4 Å². The Kier molecular flexibility index (Phi) is 5.83. The second-order valence-electron chi connectivity index (χ2n) is 12.2. The molecule has 4 aliphatic rings. The van der Waals surface area contributed by atoms with Crippen LogP contribution in [0.3, 0.4) is 0 Å². The molecule has 1 spiro atoms. The molecule has 0 saturated carbocycles. The number of amides is 2.